The van der Waals surface area contributed by atoms with Gasteiger partial charge in [0.2, 0.25) is 0 Å². The van der Waals surface area contributed by atoms with E-state index in [1.807, 2.05) is 32.9 Å². The Bertz CT molecular complexity index is 1630. The Hall–Kier alpha value is -3.76. The standard InChI is InChI=1S/C35H45ClN4O6/c1-34(2,3)45-32(42)37-13-10-16-44-28-19-24(29-25(30(28)36)20-38-31(29)41)27-18-23-17-22(21-39-14-8-7-9-15-39)11-12-26(23)40(27)33(43)46-35(4,5)6/h11-12,17-19H,7-10,13-16,20-21H2,1-6H3,(H,37,42)(H,38,41). The Morgan fingerprint density at radius 1 is 0.978 bits per heavy atom. The SMILES string of the molecule is CC(C)(C)OC(=O)NCCCOc1cc(-c2cc3cc(CN4CCCCC4)ccc3n2C(=O)OC(C)(C)C)c2c(c1Cl)CNC2=O. The number of alkyl carbamates (subject to hydrolysis) is 1. The molecule has 2 N–H and O–H groups in total. The van der Waals surface area contributed by atoms with Crippen molar-refractivity contribution < 1.29 is 28.6 Å². The molecule has 2 aromatic carbocycles. The normalized spacial score (nSPS) is 15.4. The molecule has 1 aromatic heterocycles. The second-order valence-corrected chi connectivity index (χ2v) is 14.4. The summed E-state index contributed by atoms with van der Waals surface area (Å²) in [5, 5.41) is 6.80. The first-order valence-corrected chi connectivity index (χ1v) is 16.4. The van der Waals surface area contributed by atoms with Crippen molar-refractivity contribution >= 4 is 40.6 Å². The second kappa shape index (κ2) is 13.5. The van der Waals surface area contributed by atoms with Crippen LogP contribution in [0.2, 0.25) is 5.02 Å². The molecule has 5 rings (SSSR count). The average Bonchev–Trinajstić information content (AvgIpc) is 3.53. The van der Waals surface area contributed by atoms with Crippen molar-refractivity contribution in [1.29, 1.82) is 0 Å². The van der Waals surface area contributed by atoms with Gasteiger partial charge in [0.1, 0.15) is 17.0 Å². The third-order valence-electron chi connectivity index (χ3n) is 7.80. The number of nitrogens with zero attached hydrogens (tertiary/aromatic N) is 2. The predicted octanol–water partition coefficient (Wildman–Crippen LogP) is 7.27. The van der Waals surface area contributed by atoms with E-state index in [4.69, 9.17) is 25.8 Å². The van der Waals surface area contributed by atoms with Gasteiger partial charge in [-0.3, -0.25) is 9.69 Å². The number of aromatic nitrogens is 1. The zero-order chi connectivity index (χ0) is 33.2. The topological polar surface area (TPSA) is 111 Å². The molecule has 0 unspecified atom stereocenters. The molecule has 11 heteroatoms. The van der Waals surface area contributed by atoms with Gasteiger partial charge in [0.25, 0.3) is 5.91 Å². The molecule has 248 valence electrons. The summed E-state index contributed by atoms with van der Waals surface area (Å²) in [6, 6.07) is 9.77. The minimum atomic E-state index is -0.736. The number of likely N-dealkylation sites (tertiary alicyclic amines) is 1. The number of rotatable bonds is 8. The number of amides is 2. The minimum Gasteiger partial charge on any atom is -0.492 e. The molecule has 0 radical (unpaired) electrons. The molecule has 0 bridgehead atoms. The highest BCUT2D eigenvalue weighted by Crippen LogP contribution is 2.42. The molecule has 3 heterocycles. The van der Waals surface area contributed by atoms with Gasteiger partial charge in [-0.1, -0.05) is 24.1 Å². The number of halogens is 1. The number of ether oxygens (including phenoxy) is 3. The van der Waals surface area contributed by atoms with E-state index in [1.54, 1.807) is 26.8 Å². The Morgan fingerprint density at radius 3 is 2.39 bits per heavy atom. The summed E-state index contributed by atoms with van der Waals surface area (Å²) in [6.07, 6.45) is 3.14. The number of hydrogen-bond donors (Lipinski definition) is 2. The van der Waals surface area contributed by atoms with Gasteiger partial charge in [0.05, 0.1) is 28.4 Å². The van der Waals surface area contributed by atoms with Crippen LogP contribution < -0.4 is 15.4 Å². The Balaban J connectivity index is 1.49. The van der Waals surface area contributed by atoms with Gasteiger partial charge in [0, 0.05) is 36.1 Å². The highest BCUT2D eigenvalue weighted by Gasteiger charge is 2.32. The number of hydrogen-bond acceptors (Lipinski definition) is 7. The lowest BCUT2D eigenvalue weighted by Crippen LogP contribution is -2.33. The summed E-state index contributed by atoms with van der Waals surface area (Å²) >= 11 is 6.79. The number of carbonyl (C=O) groups is 3. The largest absolute Gasteiger partial charge is 0.492 e. The summed E-state index contributed by atoms with van der Waals surface area (Å²) in [5.74, 6) is 0.114. The lowest BCUT2D eigenvalue weighted by molar-refractivity contribution is 0.0520. The zero-order valence-corrected chi connectivity index (χ0v) is 28.4. The van der Waals surface area contributed by atoms with E-state index in [0.717, 1.165) is 30.6 Å². The monoisotopic (exact) mass is 652 g/mol. The van der Waals surface area contributed by atoms with Crippen LogP contribution in [0.15, 0.2) is 30.3 Å². The molecule has 2 aliphatic heterocycles. The van der Waals surface area contributed by atoms with Crippen LogP contribution in [0.5, 0.6) is 5.75 Å². The van der Waals surface area contributed by atoms with E-state index in [9.17, 15) is 14.4 Å². The van der Waals surface area contributed by atoms with E-state index in [-0.39, 0.29) is 19.1 Å². The Kier molecular flexibility index (Phi) is 9.89. The van der Waals surface area contributed by atoms with Gasteiger partial charge in [-0.15, -0.1) is 0 Å². The molecule has 2 aliphatic rings. The highest BCUT2D eigenvalue weighted by molar-refractivity contribution is 6.34. The molecule has 1 saturated heterocycles. The maximum atomic E-state index is 13.8. The number of piperidine rings is 1. The lowest BCUT2D eigenvalue weighted by atomic mass is 9.99. The quantitative estimate of drug-likeness (QED) is 0.246. The molecule has 0 saturated carbocycles. The molecular formula is C35H45ClN4O6. The van der Waals surface area contributed by atoms with Crippen LogP contribution in [0, 0.1) is 0 Å². The molecule has 1 fully saturated rings. The maximum absolute atomic E-state index is 13.8. The smallest absolute Gasteiger partial charge is 0.419 e. The molecule has 3 aromatic rings. The van der Waals surface area contributed by atoms with Gasteiger partial charge >= 0.3 is 12.2 Å². The van der Waals surface area contributed by atoms with E-state index >= 15 is 0 Å². The van der Waals surface area contributed by atoms with Crippen molar-refractivity contribution in [2.24, 2.45) is 0 Å². The van der Waals surface area contributed by atoms with Crippen LogP contribution in [0.25, 0.3) is 22.2 Å². The number of nitrogens with one attached hydrogen (secondary N) is 2. The Labute approximate surface area is 275 Å². The lowest BCUT2D eigenvalue weighted by Gasteiger charge is -2.26. The van der Waals surface area contributed by atoms with Crippen LogP contribution in [0.4, 0.5) is 9.59 Å². The number of carbonyl (C=O) groups excluding carboxylic acids is 3. The van der Waals surface area contributed by atoms with Crippen LogP contribution >= 0.6 is 11.6 Å². The van der Waals surface area contributed by atoms with Crippen LogP contribution in [0.1, 0.15) is 88.7 Å². The first-order chi connectivity index (χ1) is 21.7. The molecule has 2 amide bonds. The molecular weight excluding hydrogens is 608 g/mol. The van der Waals surface area contributed by atoms with Crippen molar-refractivity contribution in [3.05, 3.63) is 52.0 Å². The fraction of sp³-hybridized carbons (Fsp3) is 0.514. The van der Waals surface area contributed by atoms with Crippen molar-refractivity contribution in [3.63, 3.8) is 0 Å². The molecule has 0 aliphatic carbocycles. The fourth-order valence-electron chi connectivity index (χ4n) is 5.88. The van der Waals surface area contributed by atoms with E-state index in [2.05, 4.69) is 27.7 Å². The summed E-state index contributed by atoms with van der Waals surface area (Å²) in [7, 11) is 0. The van der Waals surface area contributed by atoms with Crippen molar-refractivity contribution in [1.82, 2.24) is 20.1 Å². The third kappa shape index (κ3) is 7.96. The van der Waals surface area contributed by atoms with Crippen molar-refractivity contribution in [3.8, 4) is 17.0 Å². The summed E-state index contributed by atoms with van der Waals surface area (Å²) in [6.45, 7) is 14.7. The maximum Gasteiger partial charge on any atom is 0.419 e. The van der Waals surface area contributed by atoms with Crippen molar-refractivity contribution in [2.75, 3.05) is 26.2 Å². The Morgan fingerprint density at radius 2 is 1.70 bits per heavy atom. The van der Waals surface area contributed by atoms with Gasteiger partial charge in [-0.25, -0.2) is 14.2 Å². The fourth-order valence-corrected chi connectivity index (χ4v) is 6.15. The van der Waals surface area contributed by atoms with E-state index in [1.165, 1.54) is 23.8 Å². The molecule has 46 heavy (non-hydrogen) atoms. The zero-order valence-electron chi connectivity index (χ0n) is 27.7. The van der Waals surface area contributed by atoms with Crippen molar-refractivity contribution in [2.45, 2.75) is 91.5 Å². The van der Waals surface area contributed by atoms with E-state index in [0.29, 0.717) is 51.6 Å². The molecule has 0 atom stereocenters. The molecule has 10 nitrogen and oxygen atoms in total. The first-order valence-electron chi connectivity index (χ1n) is 16.0. The van der Waals surface area contributed by atoms with Gasteiger partial charge in [-0.05, 0) is 104 Å². The summed E-state index contributed by atoms with van der Waals surface area (Å²) < 4.78 is 18.8. The summed E-state index contributed by atoms with van der Waals surface area (Å²) in [5.41, 5.74) is 2.58. The van der Waals surface area contributed by atoms with E-state index < -0.39 is 23.4 Å². The highest BCUT2D eigenvalue weighted by atomic mass is 35.5. The number of benzene rings is 2. The van der Waals surface area contributed by atoms with Crippen LogP contribution in [-0.4, -0.2) is 65.0 Å². The van der Waals surface area contributed by atoms with Crippen LogP contribution in [-0.2, 0) is 22.6 Å². The minimum absolute atomic E-state index is 0.240. The predicted molar refractivity (Wildman–Crippen MR) is 179 cm³/mol. The first kappa shape index (κ1) is 33.6. The second-order valence-electron chi connectivity index (χ2n) is 14.0. The molecule has 0 spiro atoms. The van der Waals surface area contributed by atoms with Gasteiger partial charge < -0.3 is 24.8 Å². The average molecular weight is 653 g/mol. The van der Waals surface area contributed by atoms with Crippen LogP contribution in [0.3, 0.4) is 0 Å². The van der Waals surface area contributed by atoms with Gasteiger partial charge in [0.15, 0.2) is 0 Å². The summed E-state index contributed by atoms with van der Waals surface area (Å²) in [4.78, 5) is 41.4. The van der Waals surface area contributed by atoms with Gasteiger partial charge in [-0.2, -0.15) is 0 Å². The number of fused-ring (bicyclic) bond motifs is 2. The third-order valence-corrected chi connectivity index (χ3v) is 8.21.